The summed E-state index contributed by atoms with van der Waals surface area (Å²) >= 11 is 0. The normalized spacial score (nSPS) is 13.4. The van der Waals surface area contributed by atoms with E-state index in [9.17, 15) is 20.1 Å². The summed E-state index contributed by atoms with van der Waals surface area (Å²) in [6.07, 6.45) is 0. The highest BCUT2D eigenvalue weighted by Crippen LogP contribution is 2.43. The molecule has 17 heavy (non-hydrogen) atoms. The molecule has 0 aromatic heterocycles. The summed E-state index contributed by atoms with van der Waals surface area (Å²) in [7, 11) is 0. The van der Waals surface area contributed by atoms with E-state index in [1.54, 1.807) is 0 Å². The maximum Gasteiger partial charge on any atom is 0.321 e. The predicted molar refractivity (Wildman–Crippen MR) is 60.1 cm³/mol. The monoisotopic (exact) mass is 241 g/mol. The Balaban J connectivity index is 3.34. The van der Waals surface area contributed by atoms with Gasteiger partial charge in [-0.25, -0.2) is 0 Å². The standard InChI is InChI=1S/C11H15NO5/c1-11(2,9(12)10(16)17)5-3-4-6(13)8(15)7(5)14/h3-4,9,13-15H,12H2,1-2H3,(H,16,17). The molecule has 0 aliphatic heterocycles. The van der Waals surface area contributed by atoms with Gasteiger partial charge >= 0.3 is 5.97 Å². The third-order valence-corrected chi connectivity index (χ3v) is 2.87. The van der Waals surface area contributed by atoms with Crippen LogP contribution in [-0.4, -0.2) is 32.4 Å². The maximum atomic E-state index is 10.9. The van der Waals surface area contributed by atoms with Crippen molar-refractivity contribution in [2.75, 3.05) is 0 Å². The Labute approximate surface area is 97.9 Å². The van der Waals surface area contributed by atoms with Gasteiger partial charge in [0, 0.05) is 11.0 Å². The molecule has 6 N–H and O–H groups in total. The highest BCUT2D eigenvalue weighted by Gasteiger charge is 2.36. The van der Waals surface area contributed by atoms with E-state index in [0.717, 1.165) is 0 Å². The van der Waals surface area contributed by atoms with Crippen LogP contribution < -0.4 is 5.73 Å². The molecule has 94 valence electrons. The van der Waals surface area contributed by atoms with Gasteiger partial charge in [-0.2, -0.15) is 0 Å². The van der Waals surface area contributed by atoms with E-state index >= 15 is 0 Å². The fourth-order valence-electron chi connectivity index (χ4n) is 1.57. The lowest BCUT2D eigenvalue weighted by Crippen LogP contribution is -2.46. The summed E-state index contributed by atoms with van der Waals surface area (Å²) in [5.41, 5.74) is 4.59. The predicted octanol–water partition coefficient (Wildman–Crippen LogP) is 0.493. The molecule has 0 aliphatic rings. The third kappa shape index (κ3) is 2.12. The molecule has 6 nitrogen and oxygen atoms in total. The Bertz CT molecular complexity index is 455. The molecular weight excluding hydrogens is 226 g/mol. The average Bonchev–Trinajstić information content (AvgIpc) is 2.24. The van der Waals surface area contributed by atoms with Gasteiger partial charge in [0.2, 0.25) is 5.75 Å². The molecule has 0 saturated heterocycles. The summed E-state index contributed by atoms with van der Waals surface area (Å²) in [5.74, 6) is -2.95. The molecule has 6 heteroatoms. The number of nitrogens with two attached hydrogens (primary N) is 1. The minimum absolute atomic E-state index is 0.155. The second-order valence-electron chi connectivity index (χ2n) is 4.37. The van der Waals surface area contributed by atoms with E-state index in [1.165, 1.54) is 26.0 Å². The number of carboxylic acid groups (broad SMARTS) is 1. The molecule has 1 aromatic rings. The van der Waals surface area contributed by atoms with Crippen LogP contribution in [0.4, 0.5) is 0 Å². The molecule has 1 aromatic carbocycles. The summed E-state index contributed by atoms with van der Waals surface area (Å²) in [4.78, 5) is 10.9. The molecule has 0 amide bonds. The second-order valence-corrected chi connectivity index (χ2v) is 4.37. The fraction of sp³-hybridized carbons (Fsp3) is 0.364. The van der Waals surface area contributed by atoms with Gasteiger partial charge in [0.25, 0.3) is 0 Å². The Morgan fingerprint density at radius 2 is 1.76 bits per heavy atom. The molecule has 0 bridgehead atoms. The highest BCUT2D eigenvalue weighted by molar-refractivity contribution is 5.76. The van der Waals surface area contributed by atoms with Crippen molar-refractivity contribution in [3.8, 4) is 17.2 Å². The van der Waals surface area contributed by atoms with E-state index in [1.807, 2.05) is 0 Å². The number of carboxylic acids is 1. The Kier molecular flexibility index (Phi) is 3.19. The number of phenolic OH excluding ortho intramolecular Hbond substituents is 3. The zero-order valence-electron chi connectivity index (χ0n) is 9.51. The van der Waals surface area contributed by atoms with Crippen LogP contribution in [0.15, 0.2) is 12.1 Å². The van der Waals surface area contributed by atoms with E-state index in [4.69, 9.17) is 10.8 Å². The first-order valence-electron chi connectivity index (χ1n) is 4.92. The summed E-state index contributed by atoms with van der Waals surface area (Å²) in [6, 6.07) is 1.24. The molecule has 1 unspecified atom stereocenters. The quantitative estimate of drug-likeness (QED) is 0.491. The van der Waals surface area contributed by atoms with Gasteiger partial charge in [-0.1, -0.05) is 19.9 Å². The van der Waals surface area contributed by atoms with Crippen LogP contribution in [0.2, 0.25) is 0 Å². The Hall–Kier alpha value is -1.95. The molecule has 1 rings (SSSR count). The lowest BCUT2D eigenvalue weighted by molar-refractivity contribution is -0.140. The number of carbonyl (C=O) groups is 1. The number of aliphatic carboxylic acids is 1. The Morgan fingerprint density at radius 3 is 2.24 bits per heavy atom. The van der Waals surface area contributed by atoms with E-state index in [-0.39, 0.29) is 5.56 Å². The van der Waals surface area contributed by atoms with Crippen molar-refractivity contribution < 1.29 is 25.2 Å². The van der Waals surface area contributed by atoms with Gasteiger partial charge in [0.15, 0.2) is 11.5 Å². The van der Waals surface area contributed by atoms with Crippen molar-refractivity contribution in [3.05, 3.63) is 17.7 Å². The van der Waals surface area contributed by atoms with Crippen LogP contribution in [0, 0.1) is 0 Å². The van der Waals surface area contributed by atoms with Crippen molar-refractivity contribution in [1.82, 2.24) is 0 Å². The number of aromatic hydroxyl groups is 3. The van der Waals surface area contributed by atoms with Crippen LogP contribution >= 0.6 is 0 Å². The van der Waals surface area contributed by atoms with Crippen LogP contribution in [0.3, 0.4) is 0 Å². The molecule has 0 radical (unpaired) electrons. The number of phenols is 3. The number of benzene rings is 1. The maximum absolute atomic E-state index is 10.9. The van der Waals surface area contributed by atoms with Crippen molar-refractivity contribution >= 4 is 5.97 Å². The molecule has 0 saturated carbocycles. The molecule has 0 aliphatic carbocycles. The van der Waals surface area contributed by atoms with Gasteiger partial charge < -0.3 is 26.2 Å². The molecule has 0 heterocycles. The first-order chi connectivity index (χ1) is 7.69. The minimum Gasteiger partial charge on any atom is -0.504 e. The second kappa shape index (κ2) is 4.14. The van der Waals surface area contributed by atoms with Crippen LogP contribution in [0.25, 0.3) is 0 Å². The van der Waals surface area contributed by atoms with Crippen LogP contribution in [-0.2, 0) is 10.2 Å². The van der Waals surface area contributed by atoms with Gasteiger partial charge in [-0.3, -0.25) is 4.79 Å². The molecular formula is C11H15NO5. The number of hydrogen-bond acceptors (Lipinski definition) is 5. The third-order valence-electron chi connectivity index (χ3n) is 2.87. The van der Waals surface area contributed by atoms with Crippen molar-refractivity contribution in [2.45, 2.75) is 25.3 Å². The zero-order valence-corrected chi connectivity index (χ0v) is 9.51. The van der Waals surface area contributed by atoms with E-state index in [0.29, 0.717) is 0 Å². The fourth-order valence-corrected chi connectivity index (χ4v) is 1.57. The summed E-state index contributed by atoms with van der Waals surface area (Å²) in [5, 5.41) is 37.1. The minimum atomic E-state index is -1.25. The average molecular weight is 241 g/mol. The van der Waals surface area contributed by atoms with E-state index < -0.39 is 34.7 Å². The van der Waals surface area contributed by atoms with Gasteiger partial charge in [0.1, 0.15) is 6.04 Å². The van der Waals surface area contributed by atoms with Crippen molar-refractivity contribution in [3.63, 3.8) is 0 Å². The number of rotatable bonds is 3. The summed E-state index contributed by atoms with van der Waals surface area (Å²) < 4.78 is 0. The molecule has 0 fully saturated rings. The lowest BCUT2D eigenvalue weighted by atomic mass is 9.77. The number of hydrogen-bond donors (Lipinski definition) is 5. The van der Waals surface area contributed by atoms with Gasteiger partial charge in [0.05, 0.1) is 0 Å². The van der Waals surface area contributed by atoms with Gasteiger partial charge in [-0.05, 0) is 6.07 Å². The first-order valence-corrected chi connectivity index (χ1v) is 4.92. The summed E-state index contributed by atoms with van der Waals surface area (Å²) in [6.45, 7) is 3.05. The highest BCUT2D eigenvalue weighted by atomic mass is 16.4. The van der Waals surface area contributed by atoms with Crippen molar-refractivity contribution in [1.29, 1.82) is 0 Å². The van der Waals surface area contributed by atoms with Crippen LogP contribution in [0.5, 0.6) is 17.2 Å². The lowest BCUT2D eigenvalue weighted by Gasteiger charge is -2.30. The smallest absolute Gasteiger partial charge is 0.321 e. The SMILES string of the molecule is CC(C)(c1ccc(O)c(O)c1O)C(N)C(=O)O. The van der Waals surface area contributed by atoms with Crippen LogP contribution in [0.1, 0.15) is 19.4 Å². The molecule has 1 atom stereocenters. The Morgan fingerprint density at radius 1 is 1.24 bits per heavy atom. The topological polar surface area (TPSA) is 124 Å². The molecule has 0 spiro atoms. The van der Waals surface area contributed by atoms with Gasteiger partial charge in [-0.15, -0.1) is 0 Å². The zero-order chi connectivity index (χ0) is 13.4. The first kappa shape index (κ1) is 13.1. The van der Waals surface area contributed by atoms with E-state index in [2.05, 4.69) is 0 Å². The largest absolute Gasteiger partial charge is 0.504 e. The van der Waals surface area contributed by atoms with Crippen molar-refractivity contribution in [2.24, 2.45) is 5.73 Å².